The van der Waals surface area contributed by atoms with Gasteiger partial charge in [-0.05, 0) is 25.7 Å². The Morgan fingerprint density at radius 1 is 1.29 bits per heavy atom. The molecule has 0 spiro atoms. The van der Waals surface area contributed by atoms with E-state index in [-0.39, 0.29) is 18.4 Å². The molecular formula is C15H26N2O4. The van der Waals surface area contributed by atoms with Crippen LogP contribution >= 0.6 is 0 Å². The number of nitrogens with zero attached hydrogens (tertiary/aromatic N) is 1. The Balaban J connectivity index is 2.08. The van der Waals surface area contributed by atoms with E-state index in [2.05, 4.69) is 0 Å². The summed E-state index contributed by atoms with van der Waals surface area (Å²) in [5, 5.41) is 9.22. The third kappa shape index (κ3) is 3.55. The van der Waals surface area contributed by atoms with Crippen molar-refractivity contribution in [3.05, 3.63) is 0 Å². The van der Waals surface area contributed by atoms with Gasteiger partial charge in [0.05, 0.1) is 18.1 Å². The molecule has 2 atom stereocenters. The summed E-state index contributed by atoms with van der Waals surface area (Å²) in [6, 6.07) is 0. The number of amides is 1. The zero-order valence-corrected chi connectivity index (χ0v) is 12.7. The largest absolute Gasteiger partial charge is 0.481 e. The summed E-state index contributed by atoms with van der Waals surface area (Å²) in [4.78, 5) is 25.6. The summed E-state index contributed by atoms with van der Waals surface area (Å²) in [5.41, 5.74) is 5.03. The monoisotopic (exact) mass is 298 g/mol. The fourth-order valence-electron chi connectivity index (χ4n) is 3.63. The van der Waals surface area contributed by atoms with Crippen molar-refractivity contribution in [2.75, 3.05) is 13.6 Å². The van der Waals surface area contributed by atoms with Crippen molar-refractivity contribution in [1.29, 1.82) is 0 Å². The van der Waals surface area contributed by atoms with E-state index >= 15 is 0 Å². The van der Waals surface area contributed by atoms with Gasteiger partial charge in [0.25, 0.3) is 5.91 Å². The van der Waals surface area contributed by atoms with E-state index in [4.69, 9.17) is 10.5 Å². The maximum atomic E-state index is 12.7. The number of carboxylic acid groups (broad SMARTS) is 1. The predicted molar refractivity (Wildman–Crippen MR) is 77.8 cm³/mol. The highest BCUT2D eigenvalue weighted by Crippen LogP contribution is 2.37. The van der Waals surface area contributed by atoms with Gasteiger partial charge in [0.15, 0.2) is 0 Å². The first kappa shape index (κ1) is 16.2. The van der Waals surface area contributed by atoms with Gasteiger partial charge in [-0.2, -0.15) is 0 Å². The van der Waals surface area contributed by atoms with Crippen molar-refractivity contribution in [2.45, 2.75) is 69.1 Å². The Hall–Kier alpha value is -1.14. The number of rotatable bonds is 5. The number of hydrogen-bond acceptors (Lipinski definition) is 4. The zero-order chi connectivity index (χ0) is 15.5. The first-order chi connectivity index (χ1) is 9.98. The summed E-state index contributed by atoms with van der Waals surface area (Å²) in [6.45, 7) is 0.424. The summed E-state index contributed by atoms with van der Waals surface area (Å²) in [6.07, 6.45) is 5.56. The molecule has 0 bridgehead atoms. The molecule has 3 N–H and O–H groups in total. The minimum absolute atomic E-state index is 0.0161. The van der Waals surface area contributed by atoms with Crippen molar-refractivity contribution < 1.29 is 19.4 Å². The molecule has 1 amide bonds. The van der Waals surface area contributed by atoms with E-state index in [0.717, 1.165) is 38.5 Å². The maximum absolute atomic E-state index is 12.7. The van der Waals surface area contributed by atoms with Crippen LogP contribution in [0.2, 0.25) is 0 Å². The molecule has 0 aromatic carbocycles. The SMILES string of the molecule is CN(C(=O)C1CCC(CN)O1)C1(CC(=O)O)CCCCC1. The molecule has 1 aliphatic heterocycles. The highest BCUT2D eigenvalue weighted by Gasteiger charge is 2.43. The van der Waals surface area contributed by atoms with Gasteiger partial charge < -0.3 is 20.5 Å². The van der Waals surface area contributed by atoms with Crippen LogP contribution in [0, 0.1) is 0 Å². The molecule has 0 aromatic heterocycles. The van der Waals surface area contributed by atoms with E-state index in [1.165, 1.54) is 0 Å². The maximum Gasteiger partial charge on any atom is 0.305 e. The third-order valence-corrected chi connectivity index (χ3v) is 4.95. The van der Waals surface area contributed by atoms with Crippen LogP contribution in [0.5, 0.6) is 0 Å². The lowest BCUT2D eigenvalue weighted by Gasteiger charge is -2.44. The number of carboxylic acids is 1. The van der Waals surface area contributed by atoms with Gasteiger partial charge in [0.1, 0.15) is 6.10 Å². The van der Waals surface area contributed by atoms with Gasteiger partial charge in [-0.1, -0.05) is 19.3 Å². The molecule has 2 aliphatic rings. The first-order valence-electron chi connectivity index (χ1n) is 7.83. The summed E-state index contributed by atoms with van der Waals surface area (Å²) in [5.74, 6) is -0.933. The van der Waals surface area contributed by atoms with E-state index in [0.29, 0.717) is 13.0 Å². The van der Waals surface area contributed by atoms with E-state index in [9.17, 15) is 14.7 Å². The molecule has 2 rings (SSSR count). The normalized spacial score (nSPS) is 28.3. The first-order valence-corrected chi connectivity index (χ1v) is 7.83. The Morgan fingerprint density at radius 3 is 2.48 bits per heavy atom. The van der Waals surface area contributed by atoms with E-state index in [1.807, 2.05) is 0 Å². The second-order valence-corrected chi connectivity index (χ2v) is 6.31. The lowest BCUT2D eigenvalue weighted by atomic mass is 9.78. The molecule has 120 valence electrons. The summed E-state index contributed by atoms with van der Waals surface area (Å²) >= 11 is 0. The molecule has 1 heterocycles. The number of hydrogen-bond donors (Lipinski definition) is 2. The summed E-state index contributed by atoms with van der Waals surface area (Å²) in [7, 11) is 1.73. The second-order valence-electron chi connectivity index (χ2n) is 6.31. The number of ether oxygens (including phenoxy) is 1. The standard InChI is InChI=1S/C15H26N2O4/c1-17(14(20)12-6-5-11(10-16)21-12)15(9-13(18)19)7-3-2-4-8-15/h11-12H,2-10,16H2,1H3,(H,18,19). The van der Waals surface area contributed by atoms with Crippen LogP contribution in [0.25, 0.3) is 0 Å². The van der Waals surface area contributed by atoms with Crippen LogP contribution in [0.1, 0.15) is 51.4 Å². The highest BCUT2D eigenvalue weighted by molar-refractivity contribution is 5.82. The topological polar surface area (TPSA) is 92.9 Å². The lowest BCUT2D eigenvalue weighted by Crippen LogP contribution is -2.54. The van der Waals surface area contributed by atoms with Gasteiger partial charge >= 0.3 is 5.97 Å². The fourth-order valence-corrected chi connectivity index (χ4v) is 3.63. The molecular weight excluding hydrogens is 272 g/mol. The molecule has 6 heteroatoms. The number of carbonyl (C=O) groups excluding carboxylic acids is 1. The fraction of sp³-hybridized carbons (Fsp3) is 0.867. The molecule has 1 aliphatic carbocycles. The average Bonchev–Trinajstić information content (AvgIpc) is 2.95. The molecule has 0 aromatic rings. The molecule has 1 saturated heterocycles. The van der Waals surface area contributed by atoms with Crippen LogP contribution < -0.4 is 5.73 Å². The molecule has 2 fully saturated rings. The van der Waals surface area contributed by atoms with E-state index < -0.39 is 17.6 Å². The molecule has 21 heavy (non-hydrogen) atoms. The van der Waals surface area contributed by atoms with Crippen LogP contribution in [-0.2, 0) is 14.3 Å². The summed E-state index contributed by atoms with van der Waals surface area (Å²) < 4.78 is 5.67. The van der Waals surface area contributed by atoms with Gasteiger partial charge in [-0.15, -0.1) is 0 Å². The Labute approximate surface area is 125 Å². The minimum atomic E-state index is -0.844. The van der Waals surface area contributed by atoms with Gasteiger partial charge in [0, 0.05) is 13.6 Å². The van der Waals surface area contributed by atoms with E-state index in [1.54, 1.807) is 11.9 Å². The van der Waals surface area contributed by atoms with Gasteiger partial charge in [-0.3, -0.25) is 9.59 Å². The van der Waals surface area contributed by atoms with Crippen molar-refractivity contribution >= 4 is 11.9 Å². The molecule has 1 saturated carbocycles. The third-order valence-electron chi connectivity index (χ3n) is 4.95. The van der Waals surface area contributed by atoms with Crippen molar-refractivity contribution in [3.8, 4) is 0 Å². The molecule has 0 radical (unpaired) electrons. The molecule has 2 unspecified atom stereocenters. The Kier molecular flexibility index (Phi) is 5.22. The van der Waals surface area contributed by atoms with Crippen LogP contribution in [0.4, 0.5) is 0 Å². The predicted octanol–water partition coefficient (Wildman–Crippen LogP) is 1.13. The highest BCUT2D eigenvalue weighted by atomic mass is 16.5. The quantitative estimate of drug-likeness (QED) is 0.793. The Bertz CT molecular complexity index is 393. The number of aliphatic carboxylic acids is 1. The smallest absolute Gasteiger partial charge is 0.305 e. The van der Waals surface area contributed by atoms with Crippen molar-refractivity contribution in [3.63, 3.8) is 0 Å². The second kappa shape index (κ2) is 6.75. The number of nitrogens with two attached hydrogens (primary N) is 1. The van der Waals surface area contributed by atoms with Crippen LogP contribution in [0.15, 0.2) is 0 Å². The lowest BCUT2D eigenvalue weighted by molar-refractivity contribution is -0.153. The van der Waals surface area contributed by atoms with Crippen LogP contribution in [-0.4, -0.2) is 53.2 Å². The Morgan fingerprint density at radius 2 is 1.95 bits per heavy atom. The van der Waals surface area contributed by atoms with Gasteiger partial charge in [-0.25, -0.2) is 0 Å². The zero-order valence-electron chi connectivity index (χ0n) is 12.7. The molecule has 6 nitrogen and oxygen atoms in total. The van der Waals surface area contributed by atoms with Crippen molar-refractivity contribution in [2.24, 2.45) is 5.73 Å². The van der Waals surface area contributed by atoms with Crippen LogP contribution in [0.3, 0.4) is 0 Å². The van der Waals surface area contributed by atoms with Crippen molar-refractivity contribution in [1.82, 2.24) is 4.90 Å². The number of carbonyl (C=O) groups is 2. The van der Waals surface area contributed by atoms with Gasteiger partial charge in [0.2, 0.25) is 0 Å². The minimum Gasteiger partial charge on any atom is -0.481 e. The number of likely N-dealkylation sites (N-methyl/N-ethyl adjacent to an activating group) is 1. The average molecular weight is 298 g/mol.